The van der Waals surface area contributed by atoms with Gasteiger partial charge in [-0.1, -0.05) is 12.1 Å². The summed E-state index contributed by atoms with van der Waals surface area (Å²) in [6.07, 6.45) is 0. The van der Waals surface area contributed by atoms with Gasteiger partial charge in [0.15, 0.2) is 0 Å². The number of hydrogen-bond donors (Lipinski definition) is 1. The van der Waals surface area contributed by atoms with E-state index in [0.717, 1.165) is 11.4 Å². The summed E-state index contributed by atoms with van der Waals surface area (Å²) in [6, 6.07) is 14.9. The summed E-state index contributed by atoms with van der Waals surface area (Å²) in [5.41, 5.74) is 1.27. The molecular formula is C14H13N3O. The molecule has 1 N–H and O–H groups in total. The third-order valence-corrected chi connectivity index (χ3v) is 2.28. The molecule has 4 heteroatoms. The van der Waals surface area contributed by atoms with E-state index in [2.05, 4.69) is 10.3 Å². The van der Waals surface area contributed by atoms with E-state index in [1.165, 1.54) is 0 Å². The molecule has 1 heterocycles. The zero-order chi connectivity index (χ0) is 12.8. The Balaban J connectivity index is 2.18. The van der Waals surface area contributed by atoms with Gasteiger partial charge in [-0.25, -0.2) is 4.98 Å². The minimum absolute atomic E-state index is 0.390. The lowest BCUT2D eigenvalue weighted by molar-refractivity contribution is 0.340. The van der Waals surface area contributed by atoms with Crippen molar-refractivity contribution in [3.8, 4) is 11.8 Å². The number of rotatable bonds is 4. The van der Waals surface area contributed by atoms with Crippen molar-refractivity contribution in [2.45, 2.75) is 6.92 Å². The minimum Gasteiger partial charge on any atom is -0.494 e. The maximum Gasteiger partial charge on any atom is 0.142 e. The Hall–Kier alpha value is -2.54. The van der Waals surface area contributed by atoms with E-state index < -0.39 is 0 Å². The van der Waals surface area contributed by atoms with Crippen LogP contribution in [0.2, 0.25) is 0 Å². The number of pyridine rings is 1. The highest BCUT2D eigenvalue weighted by Gasteiger charge is 1.99. The summed E-state index contributed by atoms with van der Waals surface area (Å²) < 4.78 is 5.42. The first-order valence-electron chi connectivity index (χ1n) is 5.69. The van der Waals surface area contributed by atoms with E-state index in [4.69, 9.17) is 10.00 Å². The zero-order valence-electron chi connectivity index (χ0n) is 10.1. The highest BCUT2D eigenvalue weighted by atomic mass is 16.5. The minimum atomic E-state index is 0.390. The number of benzene rings is 1. The van der Waals surface area contributed by atoms with Gasteiger partial charge in [-0.05, 0) is 31.2 Å². The van der Waals surface area contributed by atoms with E-state index >= 15 is 0 Å². The third kappa shape index (κ3) is 2.98. The van der Waals surface area contributed by atoms with Crippen molar-refractivity contribution in [2.75, 3.05) is 11.9 Å². The molecule has 0 aliphatic heterocycles. The first-order chi connectivity index (χ1) is 8.81. The van der Waals surface area contributed by atoms with Crippen LogP contribution in [0, 0.1) is 11.3 Å². The van der Waals surface area contributed by atoms with Crippen LogP contribution in [-0.2, 0) is 0 Å². The van der Waals surface area contributed by atoms with Gasteiger partial charge in [-0.15, -0.1) is 0 Å². The second-order valence-corrected chi connectivity index (χ2v) is 3.61. The monoisotopic (exact) mass is 239 g/mol. The van der Waals surface area contributed by atoms with Gasteiger partial charge in [0.25, 0.3) is 0 Å². The predicted octanol–water partition coefficient (Wildman–Crippen LogP) is 3.10. The molecule has 0 spiro atoms. The van der Waals surface area contributed by atoms with Crippen molar-refractivity contribution in [1.29, 1.82) is 5.26 Å². The number of hydrogen-bond acceptors (Lipinski definition) is 4. The molecule has 0 unspecified atom stereocenters. The number of ether oxygens (including phenoxy) is 1. The fourth-order valence-corrected chi connectivity index (χ4v) is 1.54. The summed E-state index contributed by atoms with van der Waals surface area (Å²) >= 11 is 0. The molecule has 0 saturated carbocycles. The number of nitriles is 1. The second-order valence-electron chi connectivity index (χ2n) is 3.61. The molecule has 2 rings (SSSR count). The van der Waals surface area contributed by atoms with Crippen LogP contribution < -0.4 is 10.1 Å². The van der Waals surface area contributed by atoms with Crippen LogP contribution in [-0.4, -0.2) is 11.6 Å². The predicted molar refractivity (Wildman–Crippen MR) is 69.8 cm³/mol. The normalized spacial score (nSPS) is 9.56. The summed E-state index contributed by atoms with van der Waals surface area (Å²) in [6.45, 7) is 2.57. The van der Waals surface area contributed by atoms with Crippen LogP contribution >= 0.6 is 0 Å². The molecule has 18 heavy (non-hydrogen) atoms. The molecule has 0 radical (unpaired) electrons. The number of nitrogens with one attached hydrogen (secondary N) is 1. The van der Waals surface area contributed by atoms with Gasteiger partial charge in [-0.3, -0.25) is 0 Å². The Kier molecular flexibility index (Phi) is 3.77. The van der Waals surface area contributed by atoms with E-state index in [-0.39, 0.29) is 0 Å². The molecule has 2 aromatic rings. The molecule has 0 amide bonds. The molecule has 4 nitrogen and oxygen atoms in total. The van der Waals surface area contributed by atoms with Crippen molar-refractivity contribution in [3.63, 3.8) is 0 Å². The van der Waals surface area contributed by atoms with Crippen molar-refractivity contribution in [2.24, 2.45) is 0 Å². The molecule has 0 bridgehead atoms. The smallest absolute Gasteiger partial charge is 0.142 e. The van der Waals surface area contributed by atoms with E-state index in [1.807, 2.05) is 43.3 Å². The summed E-state index contributed by atoms with van der Waals surface area (Å²) in [4.78, 5) is 4.15. The lowest BCUT2D eigenvalue weighted by Crippen LogP contribution is -1.96. The van der Waals surface area contributed by atoms with Crippen molar-refractivity contribution < 1.29 is 4.74 Å². The summed E-state index contributed by atoms with van der Waals surface area (Å²) in [5.74, 6) is 1.45. The van der Waals surface area contributed by atoms with Crippen LogP contribution in [0.4, 0.5) is 11.5 Å². The van der Waals surface area contributed by atoms with E-state index in [0.29, 0.717) is 18.1 Å². The SMILES string of the molecule is CCOc1cccc(Nc2cccc(C#N)n2)c1. The molecule has 90 valence electrons. The van der Waals surface area contributed by atoms with Gasteiger partial charge >= 0.3 is 0 Å². The van der Waals surface area contributed by atoms with E-state index in [9.17, 15) is 0 Å². The fourth-order valence-electron chi connectivity index (χ4n) is 1.54. The van der Waals surface area contributed by atoms with Crippen molar-refractivity contribution >= 4 is 11.5 Å². The van der Waals surface area contributed by atoms with E-state index in [1.54, 1.807) is 12.1 Å². The summed E-state index contributed by atoms with van der Waals surface area (Å²) in [5, 5.41) is 11.9. The molecule has 0 aliphatic carbocycles. The van der Waals surface area contributed by atoms with Crippen LogP contribution in [0.1, 0.15) is 12.6 Å². The molecule has 0 fully saturated rings. The Labute approximate surface area is 106 Å². The second kappa shape index (κ2) is 5.69. The van der Waals surface area contributed by atoms with Crippen LogP contribution in [0.5, 0.6) is 5.75 Å². The molecule has 0 aliphatic rings. The van der Waals surface area contributed by atoms with Gasteiger partial charge in [0.05, 0.1) is 6.61 Å². The number of nitrogens with zero attached hydrogens (tertiary/aromatic N) is 2. The fraction of sp³-hybridized carbons (Fsp3) is 0.143. The van der Waals surface area contributed by atoms with Gasteiger partial charge in [-0.2, -0.15) is 5.26 Å². The molecule has 1 aromatic carbocycles. The highest BCUT2D eigenvalue weighted by Crippen LogP contribution is 2.20. The largest absolute Gasteiger partial charge is 0.494 e. The molecular weight excluding hydrogens is 226 g/mol. The van der Waals surface area contributed by atoms with Gasteiger partial charge in [0.2, 0.25) is 0 Å². The highest BCUT2D eigenvalue weighted by molar-refractivity contribution is 5.58. The van der Waals surface area contributed by atoms with Gasteiger partial charge in [0, 0.05) is 11.8 Å². The van der Waals surface area contributed by atoms with Crippen LogP contribution in [0.25, 0.3) is 0 Å². The zero-order valence-corrected chi connectivity index (χ0v) is 10.1. The molecule has 0 saturated heterocycles. The Morgan fingerprint density at radius 1 is 1.28 bits per heavy atom. The number of aromatic nitrogens is 1. The average molecular weight is 239 g/mol. The Morgan fingerprint density at radius 3 is 2.89 bits per heavy atom. The first-order valence-corrected chi connectivity index (χ1v) is 5.69. The Morgan fingerprint density at radius 2 is 2.11 bits per heavy atom. The number of anilines is 2. The maximum absolute atomic E-state index is 8.78. The topological polar surface area (TPSA) is 57.9 Å². The van der Waals surface area contributed by atoms with Gasteiger partial charge in [0.1, 0.15) is 23.3 Å². The Bertz CT molecular complexity index is 575. The summed E-state index contributed by atoms with van der Waals surface area (Å²) in [7, 11) is 0. The van der Waals surface area contributed by atoms with Gasteiger partial charge < -0.3 is 10.1 Å². The lowest BCUT2D eigenvalue weighted by Gasteiger charge is -2.08. The first kappa shape index (κ1) is 11.9. The maximum atomic E-state index is 8.78. The van der Waals surface area contributed by atoms with Crippen LogP contribution in [0.15, 0.2) is 42.5 Å². The van der Waals surface area contributed by atoms with Crippen molar-refractivity contribution in [3.05, 3.63) is 48.2 Å². The van der Waals surface area contributed by atoms with Crippen molar-refractivity contribution in [1.82, 2.24) is 4.98 Å². The standard InChI is InChI=1S/C14H13N3O/c1-2-18-13-7-3-5-11(9-13)16-14-8-4-6-12(10-15)17-14/h3-9H,2H2,1H3,(H,16,17). The average Bonchev–Trinajstić information content (AvgIpc) is 2.40. The molecule has 1 aromatic heterocycles. The lowest BCUT2D eigenvalue weighted by atomic mass is 10.3. The molecule has 0 atom stereocenters. The van der Waals surface area contributed by atoms with Crippen LogP contribution in [0.3, 0.4) is 0 Å². The quantitative estimate of drug-likeness (QED) is 0.890. The third-order valence-electron chi connectivity index (χ3n) is 2.28.